The Balaban J connectivity index is 1.42. The minimum Gasteiger partial charge on any atom is -0.501 e. The minimum atomic E-state index is 0.340. The number of rotatable bonds is 1. The van der Waals surface area contributed by atoms with E-state index in [2.05, 4.69) is 13.0 Å². The Morgan fingerprint density at radius 1 is 1.21 bits per heavy atom. The molecule has 5 rings (SSSR count). The molecule has 6 atom stereocenters. The summed E-state index contributed by atoms with van der Waals surface area (Å²) in [4.78, 5) is 0. The first-order valence-electron chi connectivity index (χ1n) is 9.87. The number of hydrogen-bond acceptors (Lipinski definition) is 3. The summed E-state index contributed by atoms with van der Waals surface area (Å²) >= 11 is 0. The molecule has 2 unspecified atom stereocenters. The second-order valence-electron chi connectivity index (χ2n) is 8.78. The lowest BCUT2D eigenvalue weighted by Gasteiger charge is -2.51. The molecule has 3 fully saturated rings. The Bertz CT molecular complexity index is 592. The van der Waals surface area contributed by atoms with Crippen molar-refractivity contribution >= 4 is 0 Å². The average molecular weight is 330 g/mol. The highest BCUT2D eigenvalue weighted by molar-refractivity contribution is 5.32. The van der Waals surface area contributed by atoms with Crippen LogP contribution in [0.2, 0.25) is 0 Å². The SMILES string of the molecule is COC1=CCC2=C(CC[C@@H]3[C@@H]2CC[C@]2(C)C4OCCOC4C[C@@H]32)C1. The molecule has 132 valence electrons. The zero-order valence-electron chi connectivity index (χ0n) is 15.1. The molecule has 5 aliphatic rings. The maximum atomic E-state index is 6.23. The first kappa shape index (κ1) is 15.5. The van der Waals surface area contributed by atoms with Gasteiger partial charge in [-0.2, -0.15) is 0 Å². The normalized spacial score (nSPS) is 47.2. The Kier molecular flexibility index (Phi) is 3.61. The van der Waals surface area contributed by atoms with Gasteiger partial charge >= 0.3 is 0 Å². The second-order valence-corrected chi connectivity index (χ2v) is 8.78. The average Bonchev–Trinajstić information content (AvgIpc) is 2.94. The molecule has 0 aromatic rings. The number of ether oxygens (including phenoxy) is 3. The molecule has 0 bridgehead atoms. The van der Waals surface area contributed by atoms with Crippen LogP contribution in [-0.4, -0.2) is 32.5 Å². The molecule has 0 aromatic carbocycles. The van der Waals surface area contributed by atoms with Crippen molar-refractivity contribution in [3.63, 3.8) is 0 Å². The van der Waals surface area contributed by atoms with Crippen LogP contribution in [0, 0.1) is 23.2 Å². The molecule has 3 nitrogen and oxygen atoms in total. The van der Waals surface area contributed by atoms with Gasteiger partial charge in [0.2, 0.25) is 0 Å². The van der Waals surface area contributed by atoms with E-state index in [1.807, 2.05) is 7.11 Å². The Labute approximate surface area is 145 Å². The molecule has 1 aliphatic heterocycles. The maximum absolute atomic E-state index is 6.23. The van der Waals surface area contributed by atoms with E-state index >= 15 is 0 Å². The topological polar surface area (TPSA) is 27.7 Å². The molecular formula is C21H30O3. The fraction of sp³-hybridized carbons (Fsp3) is 0.810. The Hall–Kier alpha value is -0.800. The highest BCUT2D eigenvalue weighted by atomic mass is 16.6. The summed E-state index contributed by atoms with van der Waals surface area (Å²) in [6, 6.07) is 0. The maximum Gasteiger partial charge on any atom is 0.0959 e. The number of hydrogen-bond donors (Lipinski definition) is 0. The Morgan fingerprint density at radius 2 is 2.08 bits per heavy atom. The zero-order valence-corrected chi connectivity index (χ0v) is 15.1. The van der Waals surface area contributed by atoms with Gasteiger partial charge in [-0.3, -0.25) is 0 Å². The highest BCUT2D eigenvalue weighted by Crippen LogP contribution is 2.62. The van der Waals surface area contributed by atoms with Crippen LogP contribution >= 0.6 is 0 Å². The molecule has 0 spiro atoms. The lowest BCUT2D eigenvalue weighted by atomic mass is 9.54. The largest absolute Gasteiger partial charge is 0.501 e. The van der Waals surface area contributed by atoms with Crippen molar-refractivity contribution in [2.45, 2.75) is 64.1 Å². The van der Waals surface area contributed by atoms with E-state index in [1.54, 1.807) is 11.1 Å². The summed E-state index contributed by atoms with van der Waals surface area (Å²) in [6.45, 7) is 4.08. The third-order valence-electron chi connectivity index (χ3n) is 7.94. The van der Waals surface area contributed by atoms with Crippen molar-refractivity contribution in [1.29, 1.82) is 0 Å². The van der Waals surface area contributed by atoms with E-state index in [0.717, 1.165) is 43.8 Å². The fourth-order valence-corrected chi connectivity index (χ4v) is 6.82. The van der Waals surface area contributed by atoms with E-state index < -0.39 is 0 Å². The number of methoxy groups -OCH3 is 1. The standard InChI is InChI=1S/C21H30O3/c1-21-8-7-16-15-6-4-14(22-2)11-13(15)3-5-17(16)18(21)12-19-20(21)24-10-9-23-19/h4,16-20H,3,5-12H2,1-2H3/t16-,17-,18+,19?,20?,21+/m1/s1. The molecule has 3 heteroatoms. The summed E-state index contributed by atoms with van der Waals surface area (Å²) in [5, 5.41) is 0. The van der Waals surface area contributed by atoms with Gasteiger partial charge < -0.3 is 14.2 Å². The van der Waals surface area contributed by atoms with Crippen LogP contribution in [0.3, 0.4) is 0 Å². The number of fused-ring (bicyclic) bond motifs is 6. The van der Waals surface area contributed by atoms with Gasteiger partial charge in [-0.25, -0.2) is 0 Å². The van der Waals surface area contributed by atoms with Crippen molar-refractivity contribution in [1.82, 2.24) is 0 Å². The Morgan fingerprint density at radius 3 is 2.96 bits per heavy atom. The van der Waals surface area contributed by atoms with Gasteiger partial charge in [0.1, 0.15) is 0 Å². The zero-order chi connectivity index (χ0) is 16.3. The molecule has 24 heavy (non-hydrogen) atoms. The monoisotopic (exact) mass is 330 g/mol. The van der Waals surface area contributed by atoms with Gasteiger partial charge in [0.25, 0.3) is 0 Å². The van der Waals surface area contributed by atoms with Crippen molar-refractivity contribution in [3.8, 4) is 0 Å². The highest BCUT2D eigenvalue weighted by Gasteiger charge is 2.60. The number of allylic oxidation sites excluding steroid dienone is 3. The summed E-state index contributed by atoms with van der Waals surface area (Å²) in [6.07, 6.45) is 11.7. The molecule has 1 saturated heterocycles. The first-order valence-corrected chi connectivity index (χ1v) is 9.87. The molecule has 4 aliphatic carbocycles. The lowest BCUT2D eigenvalue weighted by molar-refractivity contribution is -0.163. The van der Waals surface area contributed by atoms with Gasteiger partial charge in [-0.1, -0.05) is 18.1 Å². The van der Waals surface area contributed by atoms with Crippen LogP contribution < -0.4 is 0 Å². The van der Waals surface area contributed by atoms with Crippen LogP contribution in [0.4, 0.5) is 0 Å². The minimum absolute atomic E-state index is 0.340. The summed E-state index contributed by atoms with van der Waals surface area (Å²) < 4.78 is 17.9. The predicted octanol–water partition coefficient (Wildman–Crippen LogP) is 4.24. The van der Waals surface area contributed by atoms with Crippen molar-refractivity contribution in [2.24, 2.45) is 23.2 Å². The fourth-order valence-electron chi connectivity index (χ4n) is 6.82. The van der Waals surface area contributed by atoms with Crippen LogP contribution in [0.15, 0.2) is 23.0 Å². The lowest BCUT2D eigenvalue weighted by Crippen LogP contribution is -2.48. The molecule has 0 aromatic heterocycles. The van der Waals surface area contributed by atoms with Gasteiger partial charge in [0, 0.05) is 6.42 Å². The van der Waals surface area contributed by atoms with Crippen LogP contribution in [0.1, 0.15) is 51.9 Å². The molecule has 0 N–H and O–H groups in total. The van der Waals surface area contributed by atoms with Gasteiger partial charge in [0.05, 0.1) is 38.3 Å². The van der Waals surface area contributed by atoms with E-state index in [1.165, 1.54) is 37.9 Å². The van der Waals surface area contributed by atoms with Gasteiger partial charge in [-0.05, 0) is 67.8 Å². The van der Waals surface area contributed by atoms with E-state index in [-0.39, 0.29) is 0 Å². The quantitative estimate of drug-likeness (QED) is 0.673. The molecule has 2 saturated carbocycles. The summed E-state index contributed by atoms with van der Waals surface area (Å²) in [7, 11) is 1.81. The van der Waals surface area contributed by atoms with E-state index in [0.29, 0.717) is 17.6 Å². The van der Waals surface area contributed by atoms with Crippen molar-refractivity contribution in [3.05, 3.63) is 23.0 Å². The van der Waals surface area contributed by atoms with E-state index in [9.17, 15) is 0 Å². The van der Waals surface area contributed by atoms with E-state index in [4.69, 9.17) is 14.2 Å². The molecule has 0 amide bonds. The second kappa shape index (κ2) is 5.60. The van der Waals surface area contributed by atoms with Crippen molar-refractivity contribution < 1.29 is 14.2 Å². The van der Waals surface area contributed by atoms with Gasteiger partial charge in [0.15, 0.2) is 0 Å². The van der Waals surface area contributed by atoms with Gasteiger partial charge in [-0.15, -0.1) is 0 Å². The summed E-state index contributed by atoms with van der Waals surface area (Å²) in [5.41, 5.74) is 3.81. The molecule has 0 radical (unpaired) electrons. The third kappa shape index (κ3) is 2.10. The summed E-state index contributed by atoms with van der Waals surface area (Å²) in [5.74, 6) is 3.62. The molecule has 1 heterocycles. The van der Waals surface area contributed by atoms with Crippen LogP contribution in [0.5, 0.6) is 0 Å². The molecular weight excluding hydrogens is 300 g/mol. The smallest absolute Gasteiger partial charge is 0.0959 e. The predicted molar refractivity (Wildman–Crippen MR) is 92.5 cm³/mol. The van der Waals surface area contributed by atoms with Crippen molar-refractivity contribution in [2.75, 3.05) is 20.3 Å². The van der Waals surface area contributed by atoms with Crippen LogP contribution in [-0.2, 0) is 14.2 Å². The van der Waals surface area contributed by atoms with Crippen LogP contribution in [0.25, 0.3) is 0 Å². The first-order chi connectivity index (χ1) is 11.7. The third-order valence-corrected chi connectivity index (χ3v) is 7.94.